The molecule has 3 rings (SSSR count). The Bertz CT molecular complexity index is 988. The predicted octanol–water partition coefficient (Wildman–Crippen LogP) is 3.38. The van der Waals surface area contributed by atoms with E-state index in [1.165, 1.54) is 6.07 Å². The Morgan fingerprint density at radius 1 is 1.04 bits per heavy atom. The maximum Gasteiger partial charge on any atom is 0.262 e. The molecule has 0 saturated heterocycles. The lowest BCUT2D eigenvalue weighted by Crippen LogP contribution is -2.25. The average Bonchev–Trinajstić information content (AvgIpc) is 3.40. The van der Waals surface area contributed by atoms with Crippen LogP contribution in [0.5, 0.6) is 5.75 Å². The molecule has 0 aromatic heterocycles. The van der Waals surface area contributed by atoms with E-state index >= 15 is 0 Å². The summed E-state index contributed by atoms with van der Waals surface area (Å²) in [7, 11) is -3.51. The van der Waals surface area contributed by atoms with Crippen molar-refractivity contribution in [1.29, 1.82) is 0 Å². The molecule has 2 aromatic carbocycles. The van der Waals surface area contributed by atoms with E-state index in [-0.39, 0.29) is 23.5 Å². The van der Waals surface area contributed by atoms with Gasteiger partial charge in [-0.05, 0) is 75.4 Å². The topological polar surface area (TPSA) is 84.5 Å². The summed E-state index contributed by atoms with van der Waals surface area (Å²) in [5.74, 6) is 0.222. The normalized spacial score (nSPS) is 14.0. The van der Waals surface area contributed by atoms with Crippen molar-refractivity contribution in [1.82, 2.24) is 4.72 Å². The number of carbonyl (C=O) groups is 1. The molecule has 0 bridgehead atoms. The maximum absolute atomic E-state index is 12.3. The molecule has 2 N–H and O–H groups in total. The van der Waals surface area contributed by atoms with Gasteiger partial charge in [0.1, 0.15) is 5.75 Å². The molecule has 28 heavy (non-hydrogen) atoms. The molecule has 2 aromatic rings. The van der Waals surface area contributed by atoms with Crippen molar-refractivity contribution in [2.45, 2.75) is 51.5 Å². The highest BCUT2D eigenvalue weighted by atomic mass is 32.2. The van der Waals surface area contributed by atoms with Crippen LogP contribution in [0.3, 0.4) is 0 Å². The molecule has 0 spiro atoms. The first-order chi connectivity index (χ1) is 13.2. The van der Waals surface area contributed by atoms with Gasteiger partial charge in [0.05, 0.1) is 4.90 Å². The number of aryl methyl sites for hydroxylation is 4. The molecule has 1 fully saturated rings. The minimum absolute atomic E-state index is 0.0543. The summed E-state index contributed by atoms with van der Waals surface area (Å²) in [5.41, 5.74) is 4.60. The summed E-state index contributed by atoms with van der Waals surface area (Å²) < 4.78 is 32.8. The summed E-state index contributed by atoms with van der Waals surface area (Å²) >= 11 is 0. The highest BCUT2D eigenvalue weighted by molar-refractivity contribution is 7.89. The average molecular weight is 403 g/mol. The van der Waals surface area contributed by atoms with Crippen molar-refractivity contribution in [3.8, 4) is 5.75 Å². The van der Waals surface area contributed by atoms with Crippen molar-refractivity contribution in [3.05, 3.63) is 52.6 Å². The number of benzene rings is 2. The number of amides is 1. The third-order valence-corrected chi connectivity index (χ3v) is 6.17. The van der Waals surface area contributed by atoms with Crippen LogP contribution in [0, 0.1) is 27.7 Å². The van der Waals surface area contributed by atoms with Crippen molar-refractivity contribution in [2.75, 3.05) is 11.9 Å². The van der Waals surface area contributed by atoms with E-state index in [4.69, 9.17) is 4.74 Å². The fourth-order valence-electron chi connectivity index (χ4n) is 3.14. The molecule has 0 heterocycles. The molecule has 0 unspecified atom stereocenters. The lowest BCUT2D eigenvalue weighted by Gasteiger charge is -2.14. The third-order valence-electron chi connectivity index (χ3n) is 4.66. The zero-order chi connectivity index (χ0) is 20.5. The number of hydrogen-bond acceptors (Lipinski definition) is 4. The minimum Gasteiger partial charge on any atom is -0.483 e. The summed E-state index contributed by atoms with van der Waals surface area (Å²) in [6, 6.07) is 8.74. The smallest absolute Gasteiger partial charge is 0.262 e. The number of nitrogens with one attached hydrogen (secondary N) is 2. The summed E-state index contributed by atoms with van der Waals surface area (Å²) in [6.45, 7) is 7.53. The van der Waals surface area contributed by atoms with Crippen LogP contribution < -0.4 is 14.8 Å². The van der Waals surface area contributed by atoms with Gasteiger partial charge in [-0.2, -0.15) is 0 Å². The molecule has 6 nitrogen and oxygen atoms in total. The van der Waals surface area contributed by atoms with Crippen LogP contribution >= 0.6 is 0 Å². The van der Waals surface area contributed by atoms with E-state index in [2.05, 4.69) is 10.0 Å². The SMILES string of the molecule is Cc1cc(C)c(NC(=O)COc2ccc(S(=O)(=O)NC3CC3)cc2C)c(C)c1. The second kappa shape index (κ2) is 7.93. The van der Waals surface area contributed by atoms with Gasteiger partial charge in [0.15, 0.2) is 6.61 Å². The molecule has 0 radical (unpaired) electrons. The number of carbonyl (C=O) groups excluding carboxylic acids is 1. The lowest BCUT2D eigenvalue weighted by atomic mass is 10.1. The fourth-order valence-corrected chi connectivity index (χ4v) is 4.53. The van der Waals surface area contributed by atoms with Crippen LogP contribution in [0.4, 0.5) is 5.69 Å². The van der Waals surface area contributed by atoms with Crippen molar-refractivity contribution in [3.63, 3.8) is 0 Å². The molecule has 1 amide bonds. The Morgan fingerprint density at radius 3 is 2.25 bits per heavy atom. The number of rotatable bonds is 7. The lowest BCUT2D eigenvalue weighted by molar-refractivity contribution is -0.118. The Morgan fingerprint density at radius 2 is 1.68 bits per heavy atom. The Balaban J connectivity index is 1.63. The monoisotopic (exact) mass is 402 g/mol. The van der Waals surface area contributed by atoms with E-state index in [1.807, 2.05) is 32.9 Å². The number of anilines is 1. The summed E-state index contributed by atoms with van der Waals surface area (Å²) in [6.07, 6.45) is 1.77. The quantitative estimate of drug-likeness (QED) is 0.744. The van der Waals surface area contributed by atoms with Crippen LogP contribution in [-0.2, 0) is 14.8 Å². The molecule has 0 atom stereocenters. The van der Waals surface area contributed by atoms with E-state index in [9.17, 15) is 13.2 Å². The van der Waals surface area contributed by atoms with Gasteiger partial charge in [0.2, 0.25) is 10.0 Å². The first kappa shape index (κ1) is 20.4. The summed E-state index contributed by atoms with van der Waals surface area (Å²) in [4.78, 5) is 12.5. The van der Waals surface area contributed by atoms with Crippen molar-refractivity contribution in [2.24, 2.45) is 0 Å². The summed E-state index contributed by atoms with van der Waals surface area (Å²) in [5, 5.41) is 2.89. The third kappa shape index (κ3) is 4.91. The fraction of sp³-hybridized carbons (Fsp3) is 0.381. The Labute approximate surface area is 166 Å². The predicted molar refractivity (Wildman–Crippen MR) is 109 cm³/mol. The second-order valence-electron chi connectivity index (χ2n) is 7.43. The van der Waals surface area contributed by atoms with Gasteiger partial charge in [-0.25, -0.2) is 13.1 Å². The van der Waals surface area contributed by atoms with Crippen LogP contribution in [0.2, 0.25) is 0 Å². The van der Waals surface area contributed by atoms with Crippen LogP contribution in [-0.4, -0.2) is 27.0 Å². The minimum atomic E-state index is -3.51. The largest absolute Gasteiger partial charge is 0.483 e. The van der Waals surface area contributed by atoms with E-state index in [0.29, 0.717) is 11.3 Å². The van der Waals surface area contributed by atoms with E-state index in [1.54, 1.807) is 19.1 Å². The molecular weight excluding hydrogens is 376 g/mol. The van der Waals surface area contributed by atoms with E-state index in [0.717, 1.165) is 35.2 Å². The van der Waals surface area contributed by atoms with Gasteiger partial charge in [-0.3, -0.25) is 4.79 Å². The zero-order valence-electron chi connectivity index (χ0n) is 16.6. The second-order valence-corrected chi connectivity index (χ2v) is 9.15. The van der Waals surface area contributed by atoms with E-state index < -0.39 is 10.0 Å². The highest BCUT2D eigenvalue weighted by Gasteiger charge is 2.28. The van der Waals surface area contributed by atoms with Gasteiger partial charge in [0, 0.05) is 11.7 Å². The van der Waals surface area contributed by atoms with Crippen LogP contribution in [0.1, 0.15) is 35.1 Å². The standard InChI is InChI=1S/C21H26N2O4S/c1-13-9-15(3)21(16(4)10-13)22-20(24)12-27-19-8-7-18(11-14(19)2)28(25,26)23-17-5-6-17/h7-11,17,23H,5-6,12H2,1-4H3,(H,22,24). The maximum atomic E-state index is 12.3. The van der Waals surface area contributed by atoms with Gasteiger partial charge >= 0.3 is 0 Å². The number of sulfonamides is 1. The van der Waals surface area contributed by atoms with Gasteiger partial charge in [0.25, 0.3) is 5.91 Å². The zero-order valence-corrected chi connectivity index (χ0v) is 17.4. The van der Waals surface area contributed by atoms with Crippen molar-refractivity contribution < 1.29 is 17.9 Å². The Hall–Kier alpha value is -2.38. The number of ether oxygens (including phenoxy) is 1. The molecule has 0 aliphatic heterocycles. The van der Waals surface area contributed by atoms with Gasteiger partial charge in [-0.1, -0.05) is 17.7 Å². The molecule has 1 aliphatic rings. The first-order valence-electron chi connectivity index (χ1n) is 9.29. The first-order valence-corrected chi connectivity index (χ1v) is 10.8. The number of hydrogen-bond donors (Lipinski definition) is 2. The highest BCUT2D eigenvalue weighted by Crippen LogP contribution is 2.26. The molecule has 1 saturated carbocycles. The molecule has 7 heteroatoms. The van der Waals surface area contributed by atoms with Gasteiger partial charge in [-0.15, -0.1) is 0 Å². The van der Waals surface area contributed by atoms with Crippen molar-refractivity contribution >= 4 is 21.6 Å². The molecular formula is C21H26N2O4S. The molecule has 150 valence electrons. The Kier molecular flexibility index (Phi) is 5.76. The molecule has 1 aliphatic carbocycles. The van der Waals surface area contributed by atoms with Crippen LogP contribution in [0.25, 0.3) is 0 Å². The van der Waals surface area contributed by atoms with Gasteiger partial charge < -0.3 is 10.1 Å². The van der Waals surface area contributed by atoms with Crippen LogP contribution in [0.15, 0.2) is 35.2 Å².